The van der Waals surface area contributed by atoms with E-state index in [1.807, 2.05) is 19.1 Å². The summed E-state index contributed by atoms with van der Waals surface area (Å²) in [6.07, 6.45) is 0. The molecule has 0 aliphatic heterocycles. The normalized spacial score (nSPS) is 11.7. The van der Waals surface area contributed by atoms with E-state index < -0.39 is 17.9 Å². The Hall–Kier alpha value is -1.88. The molecule has 0 aromatic heterocycles. The highest BCUT2D eigenvalue weighted by atomic mass is 16.3. The largest absolute Gasteiger partial charge is 0.394 e. The maximum atomic E-state index is 11.4. The van der Waals surface area contributed by atoms with Gasteiger partial charge in [0.15, 0.2) is 0 Å². The average Bonchev–Trinajstić information content (AvgIpc) is 2.31. The molecular weight excluding hydrogens is 220 g/mol. The number of amides is 2. The first-order chi connectivity index (χ1) is 8.02. The third-order valence-electron chi connectivity index (χ3n) is 2.17. The van der Waals surface area contributed by atoms with Crippen LogP contribution in [0.5, 0.6) is 0 Å². The van der Waals surface area contributed by atoms with E-state index in [0.29, 0.717) is 5.69 Å². The van der Waals surface area contributed by atoms with Crippen molar-refractivity contribution < 1.29 is 14.7 Å². The molecule has 5 nitrogen and oxygen atoms in total. The lowest BCUT2D eigenvalue weighted by atomic mass is 10.2. The molecule has 0 unspecified atom stereocenters. The summed E-state index contributed by atoms with van der Waals surface area (Å²) in [5, 5.41) is 13.6. The summed E-state index contributed by atoms with van der Waals surface area (Å²) in [5.41, 5.74) is 1.63. The third kappa shape index (κ3) is 4.24. The van der Waals surface area contributed by atoms with Gasteiger partial charge in [-0.05, 0) is 26.0 Å². The fourth-order valence-corrected chi connectivity index (χ4v) is 1.16. The Balaban J connectivity index is 2.54. The van der Waals surface area contributed by atoms with Crippen molar-refractivity contribution >= 4 is 17.5 Å². The molecule has 0 radical (unpaired) electrons. The lowest BCUT2D eigenvalue weighted by molar-refractivity contribution is -0.136. The van der Waals surface area contributed by atoms with Gasteiger partial charge in [0.2, 0.25) is 0 Å². The van der Waals surface area contributed by atoms with Crippen LogP contribution in [0.1, 0.15) is 12.5 Å². The van der Waals surface area contributed by atoms with Crippen LogP contribution >= 0.6 is 0 Å². The van der Waals surface area contributed by atoms with Crippen LogP contribution in [0.4, 0.5) is 5.69 Å². The molecule has 92 valence electrons. The van der Waals surface area contributed by atoms with Gasteiger partial charge in [-0.2, -0.15) is 0 Å². The minimum absolute atomic E-state index is 0.205. The number of carbonyl (C=O) groups excluding carboxylic acids is 2. The van der Waals surface area contributed by atoms with Crippen LogP contribution < -0.4 is 10.6 Å². The summed E-state index contributed by atoms with van der Waals surface area (Å²) >= 11 is 0. The molecular formula is C12H16N2O3. The molecule has 3 N–H and O–H groups in total. The van der Waals surface area contributed by atoms with Crippen molar-refractivity contribution in [1.82, 2.24) is 5.32 Å². The standard InChI is InChI=1S/C12H16N2O3/c1-8-3-5-10(6-4-8)14-12(17)11(16)13-9(2)7-15/h3-6,9,15H,7H2,1-2H3,(H,13,16)(H,14,17)/t9-/m0/s1. The van der Waals surface area contributed by atoms with Crippen LogP contribution in [0.15, 0.2) is 24.3 Å². The van der Waals surface area contributed by atoms with E-state index in [2.05, 4.69) is 10.6 Å². The molecule has 1 rings (SSSR count). The van der Waals surface area contributed by atoms with Crippen LogP contribution in [0.25, 0.3) is 0 Å². The Morgan fingerprint density at radius 2 is 1.82 bits per heavy atom. The lowest BCUT2D eigenvalue weighted by Gasteiger charge is -2.10. The van der Waals surface area contributed by atoms with E-state index in [1.54, 1.807) is 19.1 Å². The predicted molar refractivity (Wildman–Crippen MR) is 64.5 cm³/mol. The van der Waals surface area contributed by atoms with E-state index in [1.165, 1.54) is 0 Å². The summed E-state index contributed by atoms with van der Waals surface area (Å²) in [7, 11) is 0. The van der Waals surface area contributed by atoms with Gasteiger partial charge in [-0.3, -0.25) is 9.59 Å². The maximum absolute atomic E-state index is 11.4. The van der Waals surface area contributed by atoms with E-state index in [9.17, 15) is 9.59 Å². The van der Waals surface area contributed by atoms with Crippen LogP contribution in [-0.4, -0.2) is 29.6 Å². The molecule has 17 heavy (non-hydrogen) atoms. The monoisotopic (exact) mass is 236 g/mol. The molecule has 1 aromatic rings. The summed E-state index contributed by atoms with van der Waals surface area (Å²) in [6, 6.07) is 6.67. The quantitative estimate of drug-likeness (QED) is 0.666. The van der Waals surface area contributed by atoms with E-state index >= 15 is 0 Å². The van der Waals surface area contributed by atoms with Crippen LogP contribution in [0.3, 0.4) is 0 Å². The smallest absolute Gasteiger partial charge is 0.313 e. The van der Waals surface area contributed by atoms with E-state index in [4.69, 9.17) is 5.11 Å². The number of aliphatic hydroxyl groups is 1. The highest BCUT2D eigenvalue weighted by molar-refractivity contribution is 6.39. The second-order valence-corrected chi connectivity index (χ2v) is 3.88. The Labute approximate surface area is 99.8 Å². The number of aliphatic hydroxyl groups excluding tert-OH is 1. The topological polar surface area (TPSA) is 78.4 Å². The van der Waals surface area contributed by atoms with E-state index in [-0.39, 0.29) is 6.61 Å². The minimum atomic E-state index is -0.757. The fraction of sp³-hybridized carbons (Fsp3) is 0.333. The number of rotatable bonds is 3. The van der Waals surface area contributed by atoms with Crippen molar-refractivity contribution in [2.24, 2.45) is 0 Å². The van der Waals surface area contributed by atoms with Crippen molar-refractivity contribution in [1.29, 1.82) is 0 Å². The molecule has 1 atom stereocenters. The van der Waals surface area contributed by atoms with Crippen molar-refractivity contribution in [3.8, 4) is 0 Å². The summed E-state index contributed by atoms with van der Waals surface area (Å²) in [6.45, 7) is 3.34. The summed E-state index contributed by atoms with van der Waals surface area (Å²) in [5.74, 6) is -1.50. The number of nitrogens with one attached hydrogen (secondary N) is 2. The van der Waals surface area contributed by atoms with Gasteiger partial charge in [0, 0.05) is 11.7 Å². The second kappa shape index (κ2) is 6.00. The van der Waals surface area contributed by atoms with Gasteiger partial charge in [0.25, 0.3) is 0 Å². The summed E-state index contributed by atoms with van der Waals surface area (Å²) < 4.78 is 0. The highest BCUT2D eigenvalue weighted by Crippen LogP contribution is 2.08. The van der Waals surface area contributed by atoms with Crippen LogP contribution in [0, 0.1) is 6.92 Å². The molecule has 0 heterocycles. The average molecular weight is 236 g/mol. The second-order valence-electron chi connectivity index (χ2n) is 3.88. The molecule has 0 aliphatic rings. The van der Waals surface area contributed by atoms with Crippen molar-refractivity contribution in [3.05, 3.63) is 29.8 Å². The number of hydrogen-bond donors (Lipinski definition) is 3. The Morgan fingerprint density at radius 1 is 1.24 bits per heavy atom. The lowest BCUT2D eigenvalue weighted by Crippen LogP contribution is -2.42. The number of hydrogen-bond acceptors (Lipinski definition) is 3. The van der Waals surface area contributed by atoms with Gasteiger partial charge in [-0.1, -0.05) is 17.7 Å². The molecule has 0 saturated heterocycles. The molecule has 0 bridgehead atoms. The minimum Gasteiger partial charge on any atom is -0.394 e. The van der Waals surface area contributed by atoms with Crippen molar-refractivity contribution in [3.63, 3.8) is 0 Å². The summed E-state index contributed by atoms with van der Waals surface area (Å²) in [4.78, 5) is 22.8. The van der Waals surface area contributed by atoms with Gasteiger partial charge >= 0.3 is 11.8 Å². The van der Waals surface area contributed by atoms with Crippen molar-refractivity contribution in [2.45, 2.75) is 19.9 Å². The molecule has 0 fully saturated rings. The number of aryl methyl sites for hydroxylation is 1. The number of anilines is 1. The zero-order chi connectivity index (χ0) is 12.8. The third-order valence-corrected chi connectivity index (χ3v) is 2.17. The van der Waals surface area contributed by atoms with E-state index in [0.717, 1.165) is 5.56 Å². The first-order valence-electron chi connectivity index (χ1n) is 5.32. The molecule has 0 spiro atoms. The predicted octanol–water partition coefficient (Wildman–Crippen LogP) is 0.431. The molecule has 0 saturated carbocycles. The first-order valence-corrected chi connectivity index (χ1v) is 5.32. The first kappa shape index (κ1) is 13.2. The maximum Gasteiger partial charge on any atom is 0.313 e. The van der Waals surface area contributed by atoms with Gasteiger partial charge < -0.3 is 15.7 Å². The number of carbonyl (C=O) groups is 2. The van der Waals surface area contributed by atoms with Crippen LogP contribution in [-0.2, 0) is 9.59 Å². The SMILES string of the molecule is Cc1ccc(NC(=O)C(=O)N[C@@H](C)CO)cc1. The Morgan fingerprint density at radius 3 is 2.35 bits per heavy atom. The molecule has 0 aliphatic carbocycles. The van der Waals surface area contributed by atoms with Gasteiger partial charge in [0.1, 0.15) is 0 Å². The molecule has 5 heteroatoms. The number of benzene rings is 1. The Kier molecular flexibility index (Phi) is 4.66. The van der Waals surface area contributed by atoms with Gasteiger partial charge in [0.05, 0.1) is 6.61 Å². The zero-order valence-electron chi connectivity index (χ0n) is 9.86. The fourth-order valence-electron chi connectivity index (χ4n) is 1.16. The molecule has 2 amide bonds. The zero-order valence-corrected chi connectivity index (χ0v) is 9.86. The van der Waals surface area contributed by atoms with Crippen LogP contribution in [0.2, 0.25) is 0 Å². The van der Waals surface area contributed by atoms with Gasteiger partial charge in [-0.15, -0.1) is 0 Å². The van der Waals surface area contributed by atoms with Crippen molar-refractivity contribution in [2.75, 3.05) is 11.9 Å². The highest BCUT2D eigenvalue weighted by Gasteiger charge is 2.15. The molecule has 1 aromatic carbocycles. The van der Waals surface area contributed by atoms with Gasteiger partial charge in [-0.25, -0.2) is 0 Å². The Bertz CT molecular complexity index is 401.